The topological polar surface area (TPSA) is 373 Å². The first-order valence-corrected chi connectivity index (χ1v) is 38.7. The van der Waals surface area contributed by atoms with Gasteiger partial charge in [-0.1, -0.05) is 256 Å². The summed E-state index contributed by atoms with van der Waals surface area (Å²) in [6.45, 7) is 2.16. The van der Waals surface area contributed by atoms with Gasteiger partial charge in [0.2, 0.25) is 11.8 Å². The summed E-state index contributed by atoms with van der Waals surface area (Å²) >= 11 is 0. The Morgan fingerprint density at radius 3 is 1.39 bits per heavy atom. The van der Waals surface area contributed by atoms with E-state index in [1.165, 1.54) is 205 Å². The fraction of sp³-hybridized carbons (Fsp3) is 0.907. The Labute approximate surface area is 587 Å². The van der Waals surface area contributed by atoms with Crippen LogP contribution in [0.25, 0.3) is 0 Å². The van der Waals surface area contributed by atoms with E-state index in [9.17, 15) is 75.7 Å². The summed E-state index contributed by atoms with van der Waals surface area (Å²) in [6.07, 6.45) is 29.5. The van der Waals surface area contributed by atoms with Crippen LogP contribution in [0, 0.1) is 0 Å². The largest absolute Gasteiger partial charge is 0.477 e. The Morgan fingerprint density at radius 1 is 0.531 bits per heavy atom. The first-order valence-electron chi connectivity index (χ1n) is 38.7. The summed E-state index contributed by atoms with van der Waals surface area (Å²) in [4.78, 5) is 38.6. The van der Waals surface area contributed by atoms with Gasteiger partial charge in [-0.25, -0.2) is 4.79 Å². The molecule has 3 saturated heterocycles. The molecular weight excluding hydrogens is 1260 g/mol. The summed E-state index contributed by atoms with van der Waals surface area (Å²) in [5.74, 6) is -6.14. The molecular formula is C75H138N2O21. The third kappa shape index (κ3) is 35.6. The quantitative estimate of drug-likeness (QED) is 0.0199. The van der Waals surface area contributed by atoms with Crippen molar-refractivity contribution >= 4 is 17.8 Å². The second-order valence-electron chi connectivity index (χ2n) is 28.2. The number of ether oxygens (including phenoxy) is 6. The highest BCUT2D eigenvalue weighted by Crippen LogP contribution is 2.39. The Balaban J connectivity index is 1.49. The number of aliphatic carboxylic acids is 1. The number of carbonyl (C=O) groups is 3. The van der Waals surface area contributed by atoms with E-state index >= 15 is 0 Å². The van der Waals surface area contributed by atoms with Gasteiger partial charge < -0.3 is 100 Å². The zero-order valence-electron chi connectivity index (χ0n) is 60.4. The van der Waals surface area contributed by atoms with Crippen molar-refractivity contribution in [3.8, 4) is 0 Å². The van der Waals surface area contributed by atoms with Gasteiger partial charge in [0.1, 0.15) is 67.1 Å². The number of hydrogen-bond acceptors (Lipinski definition) is 20. The van der Waals surface area contributed by atoms with Crippen molar-refractivity contribution < 1.29 is 104 Å². The Morgan fingerprint density at radius 2 is 0.959 bits per heavy atom. The predicted molar refractivity (Wildman–Crippen MR) is 375 cm³/mol. The third-order valence-electron chi connectivity index (χ3n) is 19.6. The predicted octanol–water partition coefficient (Wildman–Crippen LogP) is 9.18. The lowest BCUT2D eigenvalue weighted by Gasteiger charge is -2.50. The van der Waals surface area contributed by atoms with Crippen molar-refractivity contribution in [2.75, 3.05) is 26.4 Å². The fourth-order valence-corrected chi connectivity index (χ4v) is 13.5. The van der Waals surface area contributed by atoms with Crippen LogP contribution in [0.5, 0.6) is 0 Å². The monoisotopic (exact) mass is 1400 g/mol. The molecule has 0 radical (unpaired) electrons. The van der Waals surface area contributed by atoms with Crippen LogP contribution in [0.1, 0.15) is 297 Å². The maximum atomic E-state index is 13.5. The van der Waals surface area contributed by atoms with Gasteiger partial charge in [-0.3, -0.25) is 9.59 Å². The second kappa shape index (κ2) is 54.8. The first kappa shape index (κ1) is 89.4. The molecule has 0 aromatic heterocycles. The summed E-state index contributed by atoms with van der Waals surface area (Å²) in [5.41, 5.74) is 0. The van der Waals surface area contributed by atoms with Gasteiger partial charge in [-0.2, -0.15) is 0 Å². The van der Waals surface area contributed by atoms with E-state index in [1.807, 2.05) is 6.08 Å². The fourth-order valence-electron chi connectivity index (χ4n) is 13.5. The van der Waals surface area contributed by atoms with Crippen LogP contribution in [0.3, 0.4) is 0 Å². The number of aliphatic hydroxyl groups is 11. The summed E-state index contributed by atoms with van der Waals surface area (Å²) < 4.78 is 34.8. The molecule has 3 aliphatic heterocycles. The van der Waals surface area contributed by atoms with Crippen LogP contribution in [0.4, 0.5) is 0 Å². The van der Waals surface area contributed by atoms with E-state index < -0.39 is 155 Å². The zero-order chi connectivity index (χ0) is 71.8. The molecule has 0 saturated carbocycles. The smallest absolute Gasteiger partial charge is 0.364 e. The molecule has 574 valence electrons. The SMILES string of the molecule is CCCCCCCCCCCCCC/C=C\CCCCCCCCCCCCCCCCC(=O)NC(COC1OC(CO)C(OC2OC(CO)C(O)C(OC3(C(=O)O)CC(O)C(NC(C)=O)C(C(O)C(O)CO)O3)C2O)C(O)C1O)C(O)/C=C/CCCCCCCCCCCCCC. The number of amides is 2. The molecule has 0 bridgehead atoms. The highest BCUT2D eigenvalue weighted by atomic mass is 16.8. The maximum Gasteiger partial charge on any atom is 0.364 e. The molecule has 0 spiro atoms. The van der Waals surface area contributed by atoms with Crippen LogP contribution in [-0.2, 0) is 42.8 Å². The molecule has 23 nitrogen and oxygen atoms in total. The molecule has 3 aliphatic rings. The molecule has 18 atom stereocenters. The molecule has 0 aromatic carbocycles. The number of carbonyl (C=O) groups excluding carboxylic acids is 2. The molecule has 3 rings (SSSR count). The van der Waals surface area contributed by atoms with Crippen molar-refractivity contribution in [2.45, 2.75) is 407 Å². The number of hydrogen-bond donors (Lipinski definition) is 14. The van der Waals surface area contributed by atoms with Crippen molar-refractivity contribution in [1.82, 2.24) is 10.6 Å². The zero-order valence-corrected chi connectivity index (χ0v) is 60.4. The van der Waals surface area contributed by atoms with Gasteiger partial charge in [0.25, 0.3) is 5.79 Å². The molecule has 3 heterocycles. The van der Waals surface area contributed by atoms with Gasteiger partial charge in [-0.05, 0) is 44.9 Å². The number of carboxylic acid groups (broad SMARTS) is 1. The van der Waals surface area contributed by atoms with Crippen LogP contribution in [-0.4, -0.2) is 215 Å². The molecule has 14 N–H and O–H groups in total. The lowest BCUT2D eigenvalue weighted by atomic mass is 9.88. The molecule has 2 amide bonds. The number of nitrogens with one attached hydrogen (secondary N) is 2. The number of allylic oxidation sites excluding steroid dienone is 3. The van der Waals surface area contributed by atoms with Crippen LogP contribution in [0.2, 0.25) is 0 Å². The lowest BCUT2D eigenvalue weighted by Crippen LogP contribution is -2.70. The van der Waals surface area contributed by atoms with E-state index in [4.69, 9.17) is 28.4 Å². The van der Waals surface area contributed by atoms with Crippen LogP contribution >= 0.6 is 0 Å². The highest BCUT2D eigenvalue weighted by Gasteiger charge is 2.60. The molecule has 0 aromatic rings. The number of rotatable bonds is 60. The third-order valence-corrected chi connectivity index (χ3v) is 19.6. The highest BCUT2D eigenvalue weighted by molar-refractivity contribution is 5.77. The van der Waals surface area contributed by atoms with Crippen LogP contribution in [0.15, 0.2) is 24.3 Å². The number of unbranched alkanes of at least 4 members (excludes halogenated alkanes) is 38. The number of carboxylic acids is 1. The minimum absolute atomic E-state index is 0.202. The lowest BCUT2D eigenvalue weighted by molar-refractivity contribution is -0.386. The van der Waals surface area contributed by atoms with Gasteiger partial charge in [0.05, 0.1) is 50.7 Å². The molecule has 98 heavy (non-hydrogen) atoms. The van der Waals surface area contributed by atoms with Crippen molar-refractivity contribution in [3.05, 3.63) is 24.3 Å². The van der Waals surface area contributed by atoms with Gasteiger partial charge in [-0.15, -0.1) is 0 Å². The van der Waals surface area contributed by atoms with E-state index in [-0.39, 0.29) is 12.3 Å². The Kier molecular flexibility index (Phi) is 50.0. The van der Waals surface area contributed by atoms with E-state index in [1.54, 1.807) is 6.08 Å². The average Bonchev–Trinajstić information content (AvgIpc) is 0.757. The van der Waals surface area contributed by atoms with Crippen LogP contribution < -0.4 is 10.6 Å². The number of aliphatic hydroxyl groups excluding tert-OH is 11. The van der Waals surface area contributed by atoms with Crippen molar-refractivity contribution in [1.29, 1.82) is 0 Å². The van der Waals surface area contributed by atoms with Gasteiger partial charge >= 0.3 is 5.97 Å². The Bertz CT molecular complexity index is 2060. The molecule has 0 aliphatic carbocycles. The Hall–Kier alpha value is -2.79. The summed E-state index contributed by atoms with van der Waals surface area (Å²) in [5, 5.41) is 136. The first-order chi connectivity index (χ1) is 47.4. The van der Waals surface area contributed by atoms with Gasteiger partial charge in [0, 0.05) is 19.8 Å². The molecule has 23 heteroatoms. The minimum atomic E-state index is -3.08. The maximum absolute atomic E-state index is 13.5. The molecule has 18 unspecified atom stereocenters. The summed E-state index contributed by atoms with van der Waals surface area (Å²) in [7, 11) is 0. The van der Waals surface area contributed by atoms with Crippen molar-refractivity contribution in [3.63, 3.8) is 0 Å². The standard InChI is InChI=1S/C75H138N2O21/c1-4-6-8-10-12-14-16-18-20-21-22-23-24-25-26-27-28-29-30-31-32-33-34-35-37-39-41-43-45-47-49-62(85)77-56(57(82)48-46-44-42-40-38-36-19-17-15-13-11-9-7-5-2)54-93-72-67(89)66(88)69(61(53-80)95-72)96-73-68(90)71(65(87)60(52-79)94-73)98-75(74(91)92)50-58(83)63(76-55(3)81)70(97-75)64(86)59(84)51-78/h25-26,46,48,56-61,63-73,78-80,82-84,86-90H,4-24,27-45,47,49-54H2,1-3H3,(H,76,81)(H,77,85)(H,91,92)/b26-25-,48-46+. The average molecular weight is 1400 g/mol. The molecule has 3 fully saturated rings. The van der Waals surface area contributed by atoms with E-state index in [2.05, 4.69) is 36.6 Å². The van der Waals surface area contributed by atoms with Crippen molar-refractivity contribution in [2.24, 2.45) is 0 Å². The summed E-state index contributed by atoms with van der Waals surface area (Å²) in [6, 6.07) is -2.62. The van der Waals surface area contributed by atoms with Gasteiger partial charge in [0.15, 0.2) is 12.6 Å². The van der Waals surface area contributed by atoms with E-state index in [0.717, 1.165) is 51.9 Å². The minimum Gasteiger partial charge on any atom is -0.477 e. The normalized spacial score (nSPS) is 27.3. The van der Waals surface area contributed by atoms with E-state index in [0.29, 0.717) is 12.8 Å². The second-order valence-corrected chi connectivity index (χ2v) is 28.2.